The van der Waals surface area contributed by atoms with E-state index in [0.717, 1.165) is 13.0 Å². The monoisotopic (exact) mass is 356 g/mol. The summed E-state index contributed by atoms with van der Waals surface area (Å²) in [7, 11) is 0. The molecule has 2 rings (SSSR count). The van der Waals surface area contributed by atoms with Crippen molar-refractivity contribution >= 4 is 38.9 Å². The minimum atomic E-state index is -0.345. The Kier molecular flexibility index (Phi) is 5.49. The Balaban J connectivity index is 1.72. The molecule has 0 aliphatic rings. The van der Waals surface area contributed by atoms with Crippen LogP contribution in [0.3, 0.4) is 0 Å². The van der Waals surface area contributed by atoms with Gasteiger partial charge in [-0.2, -0.15) is 0 Å². The second-order valence-corrected chi connectivity index (χ2v) is 5.48. The molecule has 2 N–H and O–H groups in total. The van der Waals surface area contributed by atoms with Gasteiger partial charge in [-0.1, -0.05) is 15.9 Å². The molecule has 0 aliphatic carbocycles. The van der Waals surface area contributed by atoms with Crippen LogP contribution in [0.5, 0.6) is 0 Å². The number of halogens is 2. The summed E-state index contributed by atoms with van der Waals surface area (Å²) in [6.45, 7) is 1.57. The molecule has 20 heavy (non-hydrogen) atoms. The van der Waals surface area contributed by atoms with Crippen molar-refractivity contribution in [1.82, 2.24) is 14.9 Å². The minimum Gasteiger partial charge on any atom is -0.362 e. The first-order valence-corrected chi connectivity index (χ1v) is 7.31. The Morgan fingerprint density at radius 3 is 3.00 bits per heavy atom. The van der Waals surface area contributed by atoms with E-state index in [-0.39, 0.29) is 5.82 Å². The largest absolute Gasteiger partial charge is 0.362 e. The van der Waals surface area contributed by atoms with Crippen LogP contribution in [0.2, 0.25) is 0 Å². The highest BCUT2D eigenvalue weighted by atomic mass is 79.9. The smallest absolute Gasteiger partial charge is 0.170 e. The molecule has 4 nitrogen and oxygen atoms in total. The molecule has 0 fully saturated rings. The Hall–Kier alpha value is -1.47. The number of thiocarbonyl (C=S) groups is 1. The predicted octanol–water partition coefficient (Wildman–Crippen LogP) is 3.16. The van der Waals surface area contributed by atoms with E-state index in [0.29, 0.717) is 21.8 Å². The first-order valence-electron chi connectivity index (χ1n) is 6.11. The van der Waals surface area contributed by atoms with Gasteiger partial charge in [-0.3, -0.25) is 0 Å². The van der Waals surface area contributed by atoms with Crippen molar-refractivity contribution < 1.29 is 4.39 Å². The molecule has 0 unspecified atom stereocenters. The van der Waals surface area contributed by atoms with E-state index in [1.54, 1.807) is 24.7 Å². The number of rotatable bonds is 5. The zero-order valence-electron chi connectivity index (χ0n) is 10.6. The van der Waals surface area contributed by atoms with E-state index in [1.165, 1.54) is 6.07 Å². The Bertz CT molecular complexity index is 574. The molecular formula is C13H14BrFN4S. The first-order chi connectivity index (χ1) is 9.65. The SMILES string of the molecule is Fc1cc(Br)ccc1NC(=S)NCCCn1ccnc1. The van der Waals surface area contributed by atoms with Crippen molar-refractivity contribution in [2.45, 2.75) is 13.0 Å². The summed E-state index contributed by atoms with van der Waals surface area (Å²) < 4.78 is 16.3. The minimum absolute atomic E-state index is 0.345. The van der Waals surface area contributed by atoms with E-state index < -0.39 is 0 Å². The zero-order valence-corrected chi connectivity index (χ0v) is 13.0. The lowest BCUT2D eigenvalue weighted by atomic mass is 10.3. The maximum atomic E-state index is 13.6. The standard InChI is InChI=1S/C13H14BrFN4S/c14-10-2-3-12(11(15)8-10)18-13(20)17-4-1-6-19-7-5-16-9-19/h2-3,5,7-9H,1,4,6H2,(H2,17,18,20). The van der Waals surface area contributed by atoms with Gasteiger partial charge in [0, 0.05) is 30.0 Å². The molecule has 0 radical (unpaired) electrons. The molecule has 106 valence electrons. The van der Waals surface area contributed by atoms with Crippen LogP contribution < -0.4 is 10.6 Å². The number of benzene rings is 1. The third kappa shape index (κ3) is 4.57. The maximum Gasteiger partial charge on any atom is 0.170 e. The predicted molar refractivity (Wildman–Crippen MR) is 85.2 cm³/mol. The number of imidazole rings is 1. The van der Waals surface area contributed by atoms with E-state index >= 15 is 0 Å². The highest BCUT2D eigenvalue weighted by molar-refractivity contribution is 9.10. The van der Waals surface area contributed by atoms with Gasteiger partial charge >= 0.3 is 0 Å². The molecular weight excluding hydrogens is 343 g/mol. The Morgan fingerprint density at radius 2 is 2.30 bits per heavy atom. The second kappa shape index (κ2) is 7.35. The van der Waals surface area contributed by atoms with Crippen LogP contribution >= 0.6 is 28.1 Å². The van der Waals surface area contributed by atoms with Crippen molar-refractivity contribution in [3.63, 3.8) is 0 Å². The molecule has 1 aromatic carbocycles. The van der Waals surface area contributed by atoms with Gasteiger partial charge in [0.15, 0.2) is 5.11 Å². The third-order valence-electron chi connectivity index (χ3n) is 2.62. The van der Waals surface area contributed by atoms with E-state index in [4.69, 9.17) is 12.2 Å². The van der Waals surface area contributed by atoms with Crippen LogP contribution in [0.1, 0.15) is 6.42 Å². The van der Waals surface area contributed by atoms with Gasteiger partial charge in [-0.25, -0.2) is 9.37 Å². The van der Waals surface area contributed by atoms with Crippen LogP contribution in [0.4, 0.5) is 10.1 Å². The maximum absolute atomic E-state index is 13.6. The number of hydrogen-bond acceptors (Lipinski definition) is 2. The molecule has 7 heteroatoms. The molecule has 0 spiro atoms. The lowest BCUT2D eigenvalue weighted by Crippen LogP contribution is -2.30. The van der Waals surface area contributed by atoms with Gasteiger partial charge in [0.2, 0.25) is 0 Å². The molecule has 0 atom stereocenters. The van der Waals surface area contributed by atoms with E-state index in [2.05, 4.69) is 31.5 Å². The Morgan fingerprint density at radius 1 is 1.45 bits per heavy atom. The average Bonchev–Trinajstić information content (AvgIpc) is 2.91. The molecule has 0 aliphatic heterocycles. The Labute approximate surface area is 130 Å². The first kappa shape index (κ1) is 14.9. The van der Waals surface area contributed by atoms with Crippen molar-refractivity contribution in [2.75, 3.05) is 11.9 Å². The van der Waals surface area contributed by atoms with Crippen LogP contribution in [-0.2, 0) is 6.54 Å². The highest BCUT2D eigenvalue weighted by Crippen LogP contribution is 2.19. The molecule has 0 bridgehead atoms. The summed E-state index contributed by atoms with van der Waals surface area (Å²) in [4.78, 5) is 3.97. The van der Waals surface area contributed by atoms with E-state index in [9.17, 15) is 4.39 Å². The van der Waals surface area contributed by atoms with Gasteiger partial charge in [0.1, 0.15) is 5.82 Å². The number of aromatic nitrogens is 2. The van der Waals surface area contributed by atoms with Gasteiger partial charge in [0.25, 0.3) is 0 Å². The molecule has 0 saturated carbocycles. The molecule has 2 aromatic rings. The fraction of sp³-hybridized carbons (Fsp3) is 0.231. The summed E-state index contributed by atoms with van der Waals surface area (Å²) >= 11 is 8.33. The lowest BCUT2D eigenvalue weighted by Gasteiger charge is -2.11. The number of nitrogens with one attached hydrogen (secondary N) is 2. The average molecular weight is 357 g/mol. The summed E-state index contributed by atoms with van der Waals surface area (Å²) in [5, 5.41) is 6.29. The number of anilines is 1. The van der Waals surface area contributed by atoms with Crippen molar-refractivity contribution in [2.24, 2.45) is 0 Å². The highest BCUT2D eigenvalue weighted by Gasteiger charge is 2.04. The topological polar surface area (TPSA) is 41.9 Å². The van der Waals surface area contributed by atoms with Crippen molar-refractivity contribution in [1.29, 1.82) is 0 Å². The van der Waals surface area contributed by atoms with Gasteiger partial charge in [0.05, 0.1) is 12.0 Å². The second-order valence-electron chi connectivity index (χ2n) is 4.16. The normalized spacial score (nSPS) is 10.3. The lowest BCUT2D eigenvalue weighted by molar-refractivity contribution is 0.628. The van der Waals surface area contributed by atoms with Crippen LogP contribution in [-0.4, -0.2) is 21.2 Å². The van der Waals surface area contributed by atoms with Crippen LogP contribution in [0.15, 0.2) is 41.4 Å². The molecule has 1 heterocycles. The summed E-state index contributed by atoms with van der Waals surface area (Å²) in [6, 6.07) is 4.79. The van der Waals surface area contributed by atoms with Crippen LogP contribution in [0.25, 0.3) is 0 Å². The fourth-order valence-corrected chi connectivity index (χ4v) is 2.19. The number of nitrogens with zero attached hydrogens (tertiary/aromatic N) is 2. The summed E-state index contributed by atoms with van der Waals surface area (Å²) in [5.41, 5.74) is 0.361. The van der Waals surface area contributed by atoms with Crippen LogP contribution in [0, 0.1) is 5.82 Å². The fourth-order valence-electron chi connectivity index (χ4n) is 1.64. The molecule has 0 amide bonds. The van der Waals surface area contributed by atoms with Gasteiger partial charge in [-0.15, -0.1) is 0 Å². The number of hydrogen-bond donors (Lipinski definition) is 2. The van der Waals surface area contributed by atoms with Gasteiger partial charge < -0.3 is 15.2 Å². The van der Waals surface area contributed by atoms with Gasteiger partial charge in [-0.05, 0) is 36.8 Å². The van der Waals surface area contributed by atoms with Crippen molar-refractivity contribution in [3.8, 4) is 0 Å². The quantitative estimate of drug-likeness (QED) is 0.637. The van der Waals surface area contributed by atoms with E-state index in [1.807, 2.05) is 10.8 Å². The number of aryl methyl sites for hydroxylation is 1. The molecule has 0 saturated heterocycles. The molecule has 1 aromatic heterocycles. The summed E-state index contributed by atoms with van der Waals surface area (Å²) in [5.74, 6) is -0.345. The summed E-state index contributed by atoms with van der Waals surface area (Å²) in [6.07, 6.45) is 6.33. The zero-order chi connectivity index (χ0) is 14.4. The van der Waals surface area contributed by atoms with Crippen molar-refractivity contribution in [3.05, 3.63) is 47.2 Å². The third-order valence-corrected chi connectivity index (χ3v) is 3.36.